The number of methoxy groups -OCH3 is 1. The predicted molar refractivity (Wildman–Crippen MR) is 117 cm³/mol. The number of fused-ring (bicyclic) bond motifs is 1. The Morgan fingerprint density at radius 3 is 2.61 bits per heavy atom. The van der Waals surface area contributed by atoms with Crippen LogP contribution >= 0.6 is 11.3 Å². The van der Waals surface area contributed by atoms with Gasteiger partial charge in [-0.05, 0) is 47.0 Å². The molecule has 2 aromatic heterocycles. The zero-order chi connectivity index (χ0) is 20.3. The number of nitrogens with zero attached hydrogens (tertiary/aromatic N) is 3. The van der Waals surface area contributed by atoms with Gasteiger partial charge in [0, 0.05) is 35.0 Å². The maximum Gasteiger partial charge on any atom is 0.183 e. The van der Waals surface area contributed by atoms with Gasteiger partial charge in [-0.1, -0.05) is 0 Å². The first-order valence-corrected chi connectivity index (χ1v) is 10.2. The number of benzene rings is 1. The second kappa shape index (κ2) is 8.75. The quantitative estimate of drug-likeness (QED) is 0.603. The van der Waals surface area contributed by atoms with Crippen molar-refractivity contribution in [3.63, 3.8) is 0 Å². The summed E-state index contributed by atoms with van der Waals surface area (Å²) in [7, 11) is 5.75. The number of rotatable bonds is 8. The van der Waals surface area contributed by atoms with Crippen molar-refractivity contribution in [1.29, 1.82) is 0 Å². The molecule has 3 rings (SSSR count). The van der Waals surface area contributed by atoms with E-state index in [2.05, 4.69) is 29.0 Å². The molecule has 150 valence electrons. The molecule has 0 amide bonds. The minimum Gasteiger partial charge on any atom is -0.496 e. The number of nitrogens with one attached hydrogen (secondary N) is 1. The van der Waals surface area contributed by atoms with Crippen molar-refractivity contribution in [2.75, 3.05) is 39.7 Å². The van der Waals surface area contributed by atoms with E-state index in [-0.39, 0.29) is 0 Å². The molecule has 0 aliphatic rings. The third-order valence-corrected chi connectivity index (χ3v) is 5.12. The molecule has 3 aromatic rings. The number of pyridine rings is 1. The van der Waals surface area contributed by atoms with Gasteiger partial charge in [0.05, 0.1) is 18.3 Å². The number of anilines is 1. The van der Waals surface area contributed by atoms with E-state index in [4.69, 9.17) is 14.5 Å². The van der Waals surface area contributed by atoms with Crippen molar-refractivity contribution in [3.8, 4) is 22.9 Å². The van der Waals surface area contributed by atoms with Crippen LogP contribution in [0, 0.1) is 6.92 Å². The van der Waals surface area contributed by atoms with Gasteiger partial charge in [0.15, 0.2) is 5.13 Å². The van der Waals surface area contributed by atoms with Crippen LogP contribution < -0.4 is 14.8 Å². The lowest BCUT2D eigenvalue weighted by molar-refractivity contribution is 0.260. The highest BCUT2D eigenvalue weighted by Crippen LogP contribution is 2.35. The van der Waals surface area contributed by atoms with Gasteiger partial charge in [0.2, 0.25) is 0 Å². The summed E-state index contributed by atoms with van der Waals surface area (Å²) >= 11 is 1.58. The number of hydrogen-bond donors (Lipinski definition) is 1. The summed E-state index contributed by atoms with van der Waals surface area (Å²) in [4.78, 5) is 11.7. The average Bonchev–Trinajstić information content (AvgIpc) is 3.10. The number of aryl methyl sites for hydroxylation is 1. The van der Waals surface area contributed by atoms with Gasteiger partial charge in [0.25, 0.3) is 0 Å². The summed E-state index contributed by atoms with van der Waals surface area (Å²) in [5.74, 6) is 1.64. The minimum absolute atomic E-state index is 0.335. The van der Waals surface area contributed by atoms with Crippen molar-refractivity contribution in [2.45, 2.75) is 26.8 Å². The second-order valence-corrected chi connectivity index (χ2v) is 8.14. The van der Waals surface area contributed by atoms with E-state index >= 15 is 0 Å². The van der Waals surface area contributed by atoms with Gasteiger partial charge >= 0.3 is 0 Å². The number of hydrogen-bond acceptors (Lipinski definition) is 7. The zero-order valence-corrected chi connectivity index (χ0v) is 18.2. The van der Waals surface area contributed by atoms with Crippen LogP contribution in [0.15, 0.2) is 23.6 Å². The molecule has 0 aliphatic heterocycles. The Balaban J connectivity index is 2.00. The molecule has 0 aliphatic carbocycles. The van der Waals surface area contributed by atoms with E-state index in [1.807, 2.05) is 44.6 Å². The minimum atomic E-state index is 0.335. The molecule has 0 saturated heterocycles. The zero-order valence-electron chi connectivity index (χ0n) is 17.4. The van der Waals surface area contributed by atoms with E-state index in [0.29, 0.717) is 12.6 Å². The highest BCUT2D eigenvalue weighted by Gasteiger charge is 2.15. The normalized spacial score (nSPS) is 11.4. The number of ether oxygens (including phenoxy) is 2. The second-order valence-electron chi connectivity index (χ2n) is 7.28. The molecule has 0 spiro atoms. The van der Waals surface area contributed by atoms with Crippen LogP contribution in [0.5, 0.6) is 11.5 Å². The Morgan fingerprint density at radius 1 is 1.14 bits per heavy atom. The lowest BCUT2D eigenvalue weighted by Gasteiger charge is -2.15. The van der Waals surface area contributed by atoms with E-state index in [1.54, 1.807) is 18.4 Å². The first-order valence-electron chi connectivity index (χ1n) is 9.37. The van der Waals surface area contributed by atoms with Gasteiger partial charge in [-0.25, -0.2) is 9.97 Å². The van der Waals surface area contributed by atoms with Crippen LogP contribution in [0.2, 0.25) is 0 Å². The van der Waals surface area contributed by atoms with Crippen molar-refractivity contribution in [3.05, 3.63) is 29.1 Å². The Morgan fingerprint density at radius 2 is 1.93 bits per heavy atom. The lowest BCUT2D eigenvalue weighted by Crippen LogP contribution is -2.19. The van der Waals surface area contributed by atoms with Gasteiger partial charge in [-0.15, -0.1) is 11.3 Å². The molecule has 6 nitrogen and oxygen atoms in total. The van der Waals surface area contributed by atoms with E-state index in [9.17, 15) is 0 Å². The fourth-order valence-electron chi connectivity index (χ4n) is 2.88. The average molecular weight is 401 g/mol. The van der Waals surface area contributed by atoms with Gasteiger partial charge in [-0.3, -0.25) is 0 Å². The summed E-state index contributed by atoms with van der Waals surface area (Å²) < 4.78 is 11.6. The molecule has 0 bridgehead atoms. The van der Waals surface area contributed by atoms with Gasteiger partial charge < -0.3 is 19.7 Å². The first kappa shape index (κ1) is 20.4. The molecule has 0 fully saturated rings. The molecule has 2 heterocycles. The predicted octanol–water partition coefficient (Wildman–Crippen LogP) is 4.44. The number of thiazole rings is 1. The van der Waals surface area contributed by atoms with Crippen molar-refractivity contribution in [2.24, 2.45) is 0 Å². The number of likely N-dealkylation sites (N-methyl/N-ethyl adjacent to an activating group) is 1. The van der Waals surface area contributed by atoms with Crippen LogP contribution in [-0.4, -0.2) is 55.3 Å². The summed E-state index contributed by atoms with van der Waals surface area (Å²) in [5, 5.41) is 7.22. The van der Waals surface area contributed by atoms with E-state index in [1.165, 1.54) is 0 Å². The summed E-state index contributed by atoms with van der Waals surface area (Å²) in [6, 6.07) is 6.28. The molecule has 0 radical (unpaired) electrons. The van der Waals surface area contributed by atoms with Gasteiger partial charge in [-0.2, -0.15) is 0 Å². The molecule has 0 unspecified atom stereocenters. The van der Waals surface area contributed by atoms with Crippen LogP contribution in [0.3, 0.4) is 0 Å². The smallest absolute Gasteiger partial charge is 0.183 e. The van der Waals surface area contributed by atoms with Crippen LogP contribution in [0.25, 0.3) is 22.3 Å². The molecule has 1 N–H and O–H groups in total. The molecule has 0 saturated carbocycles. The SMILES string of the molecule is COc1cc(-c2csc(NC(C)C)n2)nc2c(C)c(OCCN(C)C)ccc12. The molecule has 0 atom stereocenters. The van der Waals surface area contributed by atoms with Crippen molar-refractivity contribution < 1.29 is 9.47 Å². The van der Waals surface area contributed by atoms with Crippen molar-refractivity contribution in [1.82, 2.24) is 14.9 Å². The lowest BCUT2D eigenvalue weighted by atomic mass is 10.1. The maximum absolute atomic E-state index is 5.98. The fraction of sp³-hybridized carbons (Fsp3) is 0.429. The van der Waals surface area contributed by atoms with Crippen molar-refractivity contribution >= 4 is 27.4 Å². The highest BCUT2D eigenvalue weighted by atomic mass is 32.1. The number of aromatic nitrogens is 2. The summed E-state index contributed by atoms with van der Waals surface area (Å²) in [5.41, 5.74) is 3.52. The Kier molecular flexibility index (Phi) is 6.36. The Hall–Kier alpha value is -2.38. The first-order chi connectivity index (χ1) is 13.4. The summed E-state index contributed by atoms with van der Waals surface area (Å²) in [6.45, 7) is 7.72. The van der Waals surface area contributed by atoms with Crippen LogP contribution in [0.1, 0.15) is 19.4 Å². The third kappa shape index (κ3) is 4.54. The van der Waals surface area contributed by atoms with Gasteiger partial charge in [0.1, 0.15) is 23.8 Å². The molecule has 1 aromatic carbocycles. The monoisotopic (exact) mass is 400 g/mol. The fourth-order valence-corrected chi connectivity index (χ4v) is 3.73. The van der Waals surface area contributed by atoms with E-state index in [0.717, 1.165) is 51.0 Å². The van der Waals surface area contributed by atoms with Crippen LogP contribution in [0.4, 0.5) is 5.13 Å². The highest BCUT2D eigenvalue weighted by molar-refractivity contribution is 7.14. The Labute approximate surface area is 170 Å². The van der Waals surface area contributed by atoms with E-state index < -0.39 is 0 Å². The molecule has 7 heteroatoms. The summed E-state index contributed by atoms with van der Waals surface area (Å²) in [6.07, 6.45) is 0. The standard InChI is InChI=1S/C21H28N4O2S/c1-13(2)22-21-24-17(12-28-21)16-11-19(26-6)15-7-8-18(14(3)20(15)23-16)27-10-9-25(4)5/h7-8,11-13H,9-10H2,1-6H3,(H,22,24). The molecule has 28 heavy (non-hydrogen) atoms. The maximum atomic E-state index is 5.98. The third-order valence-electron chi connectivity index (χ3n) is 4.34. The molecular weight excluding hydrogens is 372 g/mol. The Bertz CT molecular complexity index is 953. The molecular formula is C21H28N4O2S. The van der Waals surface area contributed by atoms with Crippen LogP contribution in [-0.2, 0) is 0 Å². The largest absolute Gasteiger partial charge is 0.496 e. The topological polar surface area (TPSA) is 59.5 Å².